The summed E-state index contributed by atoms with van der Waals surface area (Å²) in [6.07, 6.45) is 1.71. The minimum absolute atomic E-state index is 0.151. The molecule has 2 aliphatic heterocycles. The van der Waals surface area contributed by atoms with Crippen LogP contribution in [-0.4, -0.2) is 47.5 Å². The molecule has 1 aromatic rings. The number of fused-ring (bicyclic) bond motifs is 2. The molecule has 0 radical (unpaired) electrons. The van der Waals surface area contributed by atoms with Crippen LogP contribution in [0.4, 0.5) is 5.82 Å². The van der Waals surface area contributed by atoms with Crippen molar-refractivity contribution >= 4 is 17.6 Å². The molecule has 6 heteroatoms. The third kappa shape index (κ3) is 2.06. The summed E-state index contributed by atoms with van der Waals surface area (Å²) in [5.41, 5.74) is 1.45. The lowest BCUT2D eigenvalue weighted by Crippen LogP contribution is -2.52. The van der Waals surface area contributed by atoms with Crippen molar-refractivity contribution < 1.29 is 14.3 Å². The Kier molecular flexibility index (Phi) is 3.17. The van der Waals surface area contributed by atoms with Crippen LogP contribution in [0.15, 0.2) is 12.3 Å². The van der Waals surface area contributed by atoms with Crippen LogP contribution in [0, 0.1) is 0 Å². The predicted octanol–water partition coefficient (Wildman–Crippen LogP) is 0.998. The van der Waals surface area contributed by atoms with Crippen molar-refractivity contribution in [2.45, 2.75) is 25.8 Å². The van der Waals surface area contributed by atoms with E-state index in [-0.39, 0.29) is 24.3 Å². The number of nitrogens with one attached hydrogen (secondary N) is 1. The van der Waals surface area contributed by atoms with E-state index in [2.05, 4.69) is 10.3 Å². The molecule has 0 bridgehead atoms. The van der Waals surface area contributed by atoms with E-state index in [4.69, 9.17) is 4.74 Å². The number of pyridine rings is 1. The minimum Gasteiger partial charge on any atom is -0.377 e. The smallest absolute Gasteiger partial charge is 0.258 e. The summed E-state index contributed by atoms with van der Waals surface area (Å²) in [4.78, 5) is 30.6. The summed E-state index contributed by atoms with van der Waals surface area (Å²) in [7, 11) is 0. The lowest BCUT2D eigenvalue weighted by Gasteiger charge is -2.32. The number of amides is 2. The average molecular weight is 275 g/mol. The fraction of sp³-hybridized carbons (Fsp3) is 0.500. The molecule has 3 rings (SSSR count). The zero-order valence-corrected chi connectivity index (χ0v) is 11.5. The largest absolute Gasteiger partial charge is 0.377 e. The Morgan fingerprint density at radius 1 is 1.45 bits per heavy atom. The van der Waals surface area contributed by atoms with Crippen molar-refractivity contribution in [1.82, 2.24) is 9.88 Å². The summed E-state index contributed by atoms with van der Waals surface area (Å²) >= 11 is 0. The first-order valence-electron chi connectivity index (χ1n) is 6.77. The van der Waals surface area contributed by atoms with Gasteiger partial charge in [-0.1, -0.05) is 13.8 Å². The highest BCUT2D eigenvalue weighted by Gasteiger charge is 2.38. The third-order valence-electron chi connectivity index (χ3n) is 3.74. The molecule has 0 aliphatic carbocycles. The van der Waals surface area contributed by atoms with Crippen molar-refractivity contribution in [2.75, 3.05) is 25.1 Å². The number of carbonyl (C=O) groups is 2. The Balaban J connectivity index is 2.06. The quantitative estimate of drug-likeness (QED) is 0.830. The van der Waals surface area contributed by atoms with Gasteiger partial charge in [0.25, 0.3) is 11.8 Å². The van der Waals surface area contributed by atoms with Gasteiger partial charge in [0.1, 0.15) is 11.9 Å². The van der Waals surface area contributed by atoms with Gasteiger partial charge in [0.05, 0.1) is 18.8 Å². The molecule has 1 saturated heterocycles. The van der Waals surface area contributed by atoms with Gasteiger partial charge < -0.3 is 15.0 Å². The van der Waals surface area contributed by atoms with E-state index < -0.39 is 6.04 Å². The normalized spacial score (nSPS) is 22.1. The van der Waals surface area contributed by atoms with Crippen molar-refractivity contribution in [3.05, 3.63) is 23.4 Å². The number of morpholine rings is 1. The molecule has 0 spiro atoms. The molecule has 1 unspecified atom stereocenters. The molecule has 3 heterocycles. The number of ether oxygens (including phenoxy) is 1. The topological polar surface area (TPSA) is 71.5 Å². The van der Waals surface area contributed by atoms with Gasteiger partial charge in [0, 0.05) is 12.7 Å². The van der Waals surface area contributed by atoms with Crippen LogP contribution >= 0.6 is 0 Å². The number of hydrogen-bond acceptors (Lipinski definition) is 4. The summed E-state index contributed by atoms with van der Waals surface area (Å²) in [6.45, 7) is 5.22. The first-order valence-corrected chi connectivity index (χ1v) is 6.77. The van der Waals surface area contributed by atoms with Gasteiger partial charge >= 0.3 is 0 Å². The van der Waals surface area contributed by atoms with Gasteiger partial charge in [0.2, 0.25) is 0 Å². The number of carbonyl (C=O) groups excluding carboxylic acids is 2. The fourth-order valence-electron chi connectivity index (χ4n) is 2.48. The summed E-state index contributed by atoms with van der Waals surface area (Å²) in [5.74, 6) is 0.238. The van der Waals surface area contributed by atoms with Crippen molar-refractivity contribution in [1.29, 1.82) is 0 Å². The standard InChI is InChI=1S/C14H17N3O3/c1-8(2)9-5-10-12(15-6-9)16-13(18)11-7-20-4-3-17(11)14(10)19/h5-6,8,11H,3-4,7H2,1-2H3,(H,15,16,18). The lowest BCUT2D eigenvalue weighted by molar-refractivity contribution is -0.125. The fourth-order valence-corrected chi connectivity index (χ4v) is 2.48. The van der Waals surface area contributed by atoms with E-state index >= 15 is 0 Å². The molecule has 1 fully saturated rings. The number of rotatable bonds is 1. The maximum atomic E-state index is 12.6. The van der Waals surface area contributed by atoms with Crippen molar-refractivity contribution in [3.63, 3.8) is 0 Å². The van der Waals surface area contributed by atoms with Crippen molar-refractivity contribution in [2.24, 2.45) is 0 Å². The number of hydrogen-bond donors (Lipinski definition) is 1. The first kappa shape index (κ1) is 13.1. The van der Waals surface area contributed by atoms with Gasteiger partial charge in [0.15, 0.2) is 0 Å². The highest BCUT2D eigenvalue weighted by atomic mass is 16.5. The Morgan fingerprint density at radius 2 is 2.25 bits per heavy atom. The second kappa shape index (κ2) is 4.86. The zero-order valence-electron chi connectivity index (χ0n) is 11.5. The van der Waals surface area contributed by atoms with E-state index in [0.29, 0.717) is 24.5 Å². The maximum absolute atomic E-state index is 12.6. The van der Waals surface area contributed by atoms with E-state index in [0.717, 1.165) is 5.56 Å². The number of anilines is 1. The Morgan fingerprint density at radius 3 is 3.00 bits per heavy atom. The highest BCUT2D eigenvalue weighted by molar-refractivity contribution is 6.09. The Labute approximate surface area is 117 Å². The molecule has 1 aromatic heterocycles. The Hall–Kier alpha value is -1.95. The second-order valence-electron chi connectivity index (χ2n) is 5.40. The number of aromatic nitrogens is 1. The van der Waals surface area contributed by atoms with Gasteiger partial charge in [-0.3, -0.25) is 9.59 Å². The lowest BCUT2D eigenvalue weighted by atomic mass is 10.0. The molecule has 20 heavy (non-hydrogen) atoms. The van der Waals surface area contributed by atoms with Crippen LogP contribution in [0.2, 0.25) is 0 Å². The highest BCUT2D eigenvalue weighted by Crippen LogP contribution is 2.26. The minimum atomic E-state index is -0.562. The summed E-state index contributed by atoms with van der Waals surface area (Å²) in [5, 5.41) is 2.73. The van der Waals surface area contributed by atoms with Gasteiger partial charge in [-0.25, -0.2) is 4.98 Å². The monoisotopic (exact) mass is 275 g/mol. The van der Waals surface area contributed by atoms with Crippen LogP contribution in [0.3, 0.4) is 0 Å². The van der Waals surface area contributed by atoms with E-state index in [9.17, 15) is 9.59 Å². The molecule has 2 amide bonds. The SMILES string of the molecule is CC(C)c1cnc2c(c1)C(=O)N1CCOCC1C(=O)N2. The first-order chi connectivity index (χ1) is 9.58. The van der Waals surface area contributed by atoms with Crippen LogP contribution in [0.25, 0.3) is 0 Å². The summed E-state index contributed by atoms with van der Waals surface area (Å²) in [6, 6.07) is 1.26. The molecule has 6 nitrogen and oxygen atoms in total. The van der Waals surface area contributed by atoms with Gasteiger partial charge in [-0.15, -0.1) is 0 Å². The molecule has 1 N–H and O–H groups in total. The van der Waals surface area contributed by atoms with Crippen LogP contribution in [-0.2, 0) is 9.53 Å². The second-order valence-corrected chi connectivity index (χ2v) is 5.40. The summed E-state index contributed by atoms with van der Waals surface area (Å²) < 4.78 is 5.30. The number of nitrogens with zero attached hydrogens (tertiary/aromatic N) is 2. The van der Waals surface area contributed by atoms with Crippen LogP contribution < -0.4 is 5.32 Å². The molecular weight excluding hydrogens is 258 g/mol. The zero-order chi connectivity index (χ0) is 14.3. The van der Waals surface area contributed by atoms with Gasteiger partial charge in [-0.2, -0.15) is 0 Å². The van der Waals surface area contributed by atoms with E-state index in [1.165, 1.54) is 0 Å². The predicted molar refractivity (Wildman–Crippen MR) is 72.6 cm³/mol. The van der Waals surface area contributed by atoms with E-state index in [1.54, 1.807) is 11.1 Å². The van der Waals surface area contributed by atoms with E-state index in [1.807, 2.05) is 19.9 Å². The molecule has 1 atom stereocenters. The Bertz CT molecular complexity index is 571. The molecule has 0 saturated carbocycles. The maximum Gasteiger partial charge on any atom is 0.258 e. The molecule has 0 aromatic carbocycles. The van der Waals surface area contributed by atoms with Gasteiger partial charge in [-0.05, 0) is 17.5 Å². The molecule has 106 valence electrons. The molecular formula is C14H17N3O3. The molecule has 2 aliphatic rings. The van der Waals surface area contributed by atoms with Crippen LogP contribution in [0.1, 0.15) is 35.7 Å². The van der Waals surface area contributed by atoms with Crippen molar-refractivity contribution in [3.8, 4) is 0 Å². The average Bonchev–Trinajstić information content (AvgIpc) is 2.56. The van der Waals surface area contributed by atoms with Crippen LogP contribution in [0.5, 0.6) is 0 Å². The third-order valence-corrected chi connectivity index (χ3v) is 3.74.